The van der Waals surface area contributed by atoms with Gasteiger partial charge in [0.2, 0.25) is 0 Å². The fourth-order valence-corrected chi connectivity index (χ4v) is 4.70. The lowest BCUT2D eigenvalue weighted by atomic mass is 10.1. The van der Waals surface area contributed by atoms with E-state index in [0.29, 0.717) is 21.4 Å². The van der Waals surface area contributed by atoms with Gasteiger partial charge in [-0.25, -0.2) is 0 Å². The molecule has 0 saturated carbocycles. The second-order valence-corrected chi connectivity index (χ2v) is 8.74. The van der Waals surface area contributed by atoms with Crippen LogP contribution in [-0.2, 0) is 4.79 Å². The Bertz CT molecular complexity index is 1390. The monoisotopic (exact) mass is 475 g/mol. The molecule has 0 N–H and O–H groups in total. The highest BCUT2D eigenvalue weighted by molar-refractivity contribution is 8.18. The number of imide groups is 1. The third-order valence-electron chi connectivity index (χ3n) is 5.24. The number of carbonyl (C=O) groups is 2. The number of rotatable bonds is 6. The van der Waals surface area contributed by atoms with Gasteiger partial charge in [0.25, 0.3) is 11.1 Å². The number of nitrogens with zero attached hydrogens (tertiary/aromatic N) is 1. The maximum atomic E-state index is 12.8. The smallest absolute Gasteiger partial charge is 0.293 e. The molecule has 3 aromatic carbocycles. The maximum absolute atomic E-state index is 12.8. The number of hydrogen-bond acceptors (Lipinski definition) is 5. The average molecular weight is 476 g/mol. The topological polar surface area (TPSA) is 59.8 Å². The van der Waals surface area contributed by atoms with Crippen molar-refractivity contribution in [2.24, 2.45) is 0 Å². The highest BCUT2D eigenvalue weighted by Crippen LogP contribution is 2.34. The zero-order chi connectivity index (χ0) is 22.8. The molecule has 0 atom stereocenters. The van der Waals surface area contributed by atoms with Crippen molar-refractivity contribution >= 4 is 51.4 Å². The van der Waals surface area contributed by atoms with Crippen molar-refractivity contribution in [3.63, 3.8) is 0 Å². The van der Waals surface area contributed by atoms with Crippen molar-refractivity contribution in [1.82, 2.24) is 4.90 Å². The zero-order valence-electron chi connectivity index (χ0n) is 17.4. The average Bonchev–Trinajstić information content (AvgIpc) is 3.39. The van der Waals surface area contributed by atoms with Gasteiger partial charge in [0.05, 0.1) is 16.5 Å². The highest BCUT2D eigenvalue weighted by atomic mass is 35.5. The molecule has 1 fully saturated rings. The van der Waals surface area contributed by atoms with E-state index in [9.17, 15) is 9.59 Å². The Balaban J connectivity index is 1.26. The van der Waals surface area contributed by atoms with Gasteiger partial charge in [0, 0.05) is 17.0 Å². The third-order valence-corrected chi connectivity index (χ3v) is 6.47. The van der Waals surface area contributed by atoms with E-state index in [0.717, 1.165) is 33.8 Å². The van der Waals surface area contributed by atoms with Crippen LogP contribution in [0.25, 0.3) is 28.2 Å². The van der Waals surface area contributed by atoms with Gasteiger partial charge >= 0.3 is 0 Å². The molecular formula is C26H18ClNO4S. The maximum Gasteiger partial charge on any atom is 0.293 e. The van der Waals surface area contributed by atoms with Crippen molar-refractivity contribution in [3.8, 4) is 17.1 Å². The Kier molecular flexibility index (Phi) is 5.94. The number of halogens is 1. The van der Waals surface area contributed by atoms with Crippen molar-refractivity contribution in [1.29, 1.82) is 0 Å². The van der Waals surface area contributed by atoms with Crippen molar-refractivity contribution in [2.75, 3.05) is 13.2 Å². The van der Waals surface area contributed by atoms with Crippen LogP contribution in [-0.4, -0.2) is 29.2 Å². The molecule has 5 rings (SSSR count). The van der Waals surface area contributed by atoms with Gasteiger partial charge in [-0.1, -0.05) is 60.1 Å². The predicted octanol–water partition coefficient (Wildman–Crippen LogP) is 6.87. The molecule has 0 unspecified atom stereocenters. The minimum atomic E-state index is -0.359. The molecule has 4 aromatic rings. The first-order valence-electron chi connectivity index (χ1n) is 10.3. The third kappa shape index (κ3) is 4.40. The largest absolute Gasteiger partial charge is 0.491 e. The number of amides is 2. The van der Waals surface area contributed by atoms with Crippen LogP contribution in [0.3, 0.4) is 0 Å². The fourth-order valence-electron chi connectivity index (χ4n) is 3.63. The van der Waals surface area contributed by atoms with Crippen LogP contribution in [0.2, 0.25) is 5.02 Å². The molecule has 5 nitrogen and oxygen atoms in total. The van der Waals surface area contributed by atoms with E-state index in [1.807, 2.05) is 60.7 Å². The SMILES string of the molecule is O=C1S/C(=C\c2ccc(-c3ccccc3Cl)o2)C(=O)N1CCOc1cccc2ccccc12. The summed E-state index contributed by atoms with van der Waals surface area (Å²) in [7, 11) is 0. The van der Waals surface area contributed by atoms with Crippen molar-refractivity contribution < 1.29 is 18.7 Å². The van der Waals surface area contributed by atoms with Crippen LogP contribution < -0.4 is 4.74 Å². The first-order valence-corrected chi connectivity index (χ1v) is 11.5. The van der Waals surface area contributed by atoms with Crippen molar-refractivity contribution in [2.45, 2.75) is 0 Å². The van der Waals surface area contributed by atoms with E-state index < -0.39 is 0 Å². The van der Waals surface area contributed by atoms with Crippen LogP contribution in [0.1, 0.15) is 5.76 Å². The number of hydrogen-bond donors (Lipinski definition) is 0. The Morgan fingerprint density at radius 3 is 2.61 bits per heavy atom. The lowest BCUT2D eigenvalue weighted by Crippen LogP contribution is -2.32. The summed E-state index contributed by atoms with van der Waals surface area (Å²) in [5.74, 6) is 1.43. The molecule has 2 amide bonds. The molecule has 0 radical (unpaired) electrons. The van der Waals surface area contributed by atoms with Crippen molar-refractivity contribution in [3.05, 3.63) is 94.6 Å². The standard InChI is InChI=1S/C26H18ClNO4S/c27-21-10-4-3-9-20(21)23-13-12-18(32-23)16-24-25(29)28(26(30)33-24)14-15-31-22-11-5-7-17-6-1-2-8-19(17)22/h1-13,16H,14-15H2/b24-16-. The van der Waals surface area contributed by atoms with Crippen LogP contribution in [0.5, 0.6) is 5.75 Å². The highest BCUT2D eigenvalue weighted by Gasteiger charge is 2.35. The molecule has 1 aromatic heterocycles. The minimum absolute atomic E-state index is 0.161. The molecule has 0 aliphatic carbocycles. The van der Waals surface area contributed by atoms with E-state index in [-0.39, 0.29) is 24.3 Å². The van der Waals surface area contributed by atoms with Crippen LogP contribution >= 0.6 is 23.4 Å². The quantitative estimate of drug-likeness (QED) is 0.285. The lowest BCUT2D eigenvalue weighted by molar-refractivity contribution is -0.123. The molecule has 0 spiro atoms. The van der Waals surface area contributed by atoms with Crippen LogP contribution in [0.4, 0.5) is 4.79 Å². The lowest BCUT2D eigenvalue weighted by Gasteiger charge is -2.14. The summed E-state index contributed by atoms with van der Waals surface area (Å²) in [6, 6.07) is 24.6. The molecule has 2 heterocycles. The zero-order valence-corrected chi connectivity index (χ0v) is 18.9. The van der Waals surface area contributed by atoms with E-state index in [1.165, 1.54) is 4.90 Å². The number of carbonyl (C=O) groups excluding carboxylic acids is 2. The number of benzene rings is 3. The normalized spacial score (nSPS) is 15.1. The van der Waals surface area contributed by atoms with Crippen LogP contribution in [0, 0.1) is 0 Å². The van der Waals surface area contributed by atoms with Gasteiger partial charge in [0.1, 0.15) is 23.9 Å². The molecular weight excluding hydrogens is 458 g/mol. The first-order chi connectivity index (χ1) is 16.1. The number of fused-ring (bicyclic) bond motifs is 1. The van der Waals surface area contributed by atoms with E-state index >= 15 is 0 Å². The summed E-state index contributed by atoms with van der Waals surface area (Å²) < 4.78 is 11.7. The minimum Gasteiger partial charge on any atom is -0.491 e. The van der Waals surface area contributed by atoms with Crippen LogP contribution in [0.15, 0.2) is 88.2 Å². The second-order valence-electron chi connectivity index (χ2n) is 7.34. The van der Waals surface area contributed by atoms with Gasteiger partial charge in [0.15, 0.2) is 0 Å². The van der Waals surface area contributed by atoms with E-state index in [2.05, 4.69) is 0 Å². The Morgan fingerprint density at radius 1 is 0.939 bits per heavy atom. The summed E-state index contributed by atoms with van der Waals surface area (Å²) in [5.41, 5.74) is 0.762. The molecule has 164 valence electrons. The molecule has 7 heteroatoms. The van der Waals surface area contributed by atoms with Gasteiger partial charge < -0.3 is 9.15 Å². The number of furan rings is 1. The Morgan fingerprint density at radius 2 is 1.73 bits per heavy atom. The van der Waals surface area contributed by atoms with Gasteiger partial charge in [-0.05, 0) is 47.5 Å². The van der Waals surface area contributed by atoms with Gasteiger partial charge in [-0.3, -0.25) is 14.5 Å². The van der Waals surface area contributed by atoms with Gasteiger partial charge in [-0.15, -0.1) is 0 Å². The predicted molar refractivity (Wildman–Crippen MR) is 131 cm³/mol. The summed E-state index contributed by atoms with van der Waals surface area (Å²) in [4.78, 5) is 26.7. The van der Waals surface area contributed by atoms with Gasteiger partial charge in [-0.2, -0.15) is 0 Å². The molecule has 33 heavy (non-hydrogen) atoms. The Hall–Kier alpha value is -3.48. The molecule has 1 aliphatic heterocycles. The second kappa shape index (κ2) is 9.17. The molecule has 1 aliphatic rings. The summed E-state index contributed by atoms with van der Waals surface area (Å²) in [5, 5.41) is 2.30. The molecule has 1 saturated heterocycles. The Labute approximate surface area is 199 Å². The number of thioether (sulfide) groups is 1. The van der Waals surface area contributed by atoms with E-state index in [1.54, 1.807) is 24.3 Å². The van der Waals surface area contributed by atoms with E-state index in [4.69, 9.17) is 20.8 Å². The first kappa shape index (κ1) is 21.4. The molecule has 0 bridgehead atoms. The summed E-state index contributed by atoms with van der Waals surface area (Å²) >= 11 is 7.12. The number of ether oxygens (including phenoxy) is 1. The summed E-state index contributed by atoms with van der Waals surface area (Å²) in [6.45, 7) is 0.366. The fraction of sp³-hybridized carbons (Fsp3) is 0.0769. The summed E-state index contributed by atoms with van der Waals surface area (Å²) in [6.07, 6.45) is 1.58.